The first-order valence-electron chi connectivity index (χ1n) is 11.1. The molecule has 1 unspecified atom stereocenters. The molecule has 0 aromatic heterocycles. The van der Waals surface area contributed by atoms with E-state index in [-0.39, 0.29) is 22.7 Å². The molecule has 0 bridgehead atoms. The van der Waals surface area contributed by atoms with Gasteiger partial charge in [-0.05, 0) is 44.7 Å². The van der Waals surface area contributed by atoms with Crippen LogP contribution in [0.3, 0.4) is 0 Å². The molecule has 1 saturated carbocycles. The molecule has 4 rings (SSSR count). The third-order valence-electron chi connectivity index (χ3n) is 6.48. The number of non-ortho nitro benzene ring substituents is 1. The zero-order valence-electron chi connectivity index (χ0n) is 18.6. The minimum Gasteiger partial charge on any atom is -0.444 e. The molecular weight excluding hydrogens is 398 g/mol. The van der Waals surface area contributed by atoms with Crippen molar-refractivity contribution in [1.29, 1.82) is 0 Å². The Morgan fingerprint density at radius 2 is 1.65 bits per heavy atom. The maximum Gasteiger partial charge on any atom is 0.407 e. The largest absolute Gasteiger partial charge is 0.444 e. The number of rotatable bonds is 6. The van der Waals surface area contributed by atoms with Gasteiger partial charge < -0.3 is 19.9 Å². The third-order valence-corrected chi connectivity index (χ3v) is 6.48. The second-order valence-electron chi connectivity index (χ2n) is 9.86. The lowest BCUT2D eigenvalue weighted by Gasteiger charge is -2.36. The number of nitro groups is 1. The molecule has 1 aromatic carbocycles. The van der Waals surface area contributed by atoms with Gasteiger partial charge in [-0.3, -0.25) is 15.0 Å². The summed E-state index contributed by atoms with van der Waals surface area (Å²) in [5, 5.41) is 13.8. The molecule has 3 aliphatic rings. The predicted molar refractivity (Wildman–Crippen MR) is 118 cm³/mol. The maximum atomic E-state index is 11.9. The number of benzene rings is 1. The molecular formula is C22H33N5O4. The molecule has 3 fully saturated rings. The Balaban J connectivity index is 1.13. The lowest BCUT2D eigenvalue weighted by Crippen LogP contribution is -2.48. The van der Waals surface area contributed by atoms with Crippen LogP contribution in [0.15, 0.2) is 24.3 Å². The highest BCUT2D eigenvalue weighted by Crippen LogP contribution is 2.45. The van der Waals surface area contributed by atoms with Crippen LogP contribution in [-0.2, 0) is 4.74 Å². The number of carbonyl (C=O) groups excluding carboxylic acids is 1. The quantitative estimate of drug-likeness (QED) is 0.545. The monoisotopic (exact) mass is 431 g/mol. The van der Waals surface area contributed by atoms with E-state index < -0.39 is 5.60 Å². The number of nitrogens with zero attached hydrogens (tertiary/aromatic N) is 4. The van der Waals surface area contributed by atoms with Gasteiger partial charge in [-0.2, -0.15) is 0 Å². The Hall–Kier alpha value is -2.39. The van der Waals surface area contributed by atoms with Crippen molar-refractivity contribution in [3.8, 4) is 0 Å². The molecule has 2 aliphatic heterocycles. The van der Waals surface area contributed by atoms with E-state index in [1.807, 2.05) is 32.9 Å². The van der Waals surface area contributed by atoms with Crippen LogP contribution in [0.2, 0.25) is 0 Å². The van der Waals surface area contributed by atoms with Crippen molar-refractivity contribution >= 4 is 17.5 Å². The van der Waals surface area contributed by atoms with Crippen LogP contribution in [-0.4, -0.2) is 84.8 Å². The number of piperazine rings is 1. The number of nitro benzene ring substituents is 1. The predicted octanol–water partition coefficient (Wildman–Crippen LogP) is 2.17. The van der Waals surface area contributed by atoms with E-state index >= 15 is 0 Å². The molecule has 9 heteroatoms. The van der Waals surface area contributed by atoms with Crippen LogP contribution in [0.25, 0.3) is 0 Å². The van der Waals surface area contributed by atoms with Crippen LogP contribution in [0.5, 0.6) is 0 Å². The standard InChI is InChI=1S/C22H33N5O4/c1-22(2,3)31-21(28)23-20-18-14-25(15-19(18)20)9-8-24-10-12-26(13-11-24)16-4-6-17(7-5-16)27(29)30/h4-7,18-20H,8-15H2,1-3H3,(H,23,28)/t18-,19+,20?. The number of likely N-dealkylation sites (tertiary alicyclic amines) is 1. The zero-order chi connectivity index (χ0) is 22.2. The molecule has 3 atom stereocenters. The number of carbonyl (C=O) groups is 1. The van der Waals surface area contributed by atoms with Gasteiger partial charge in [0.25, 0.3) is 5.69 Å². The summed E-state index contributed by atoms with van der Waals surface area (Å²) < 4.78 is 5.36. The second kappa shape index (κ2) is 8.63. The van der Waals surface area contributed by atoms with Crippen LogP contribution < -0.4 is 10.2 Å². The van der Waals surface area contributed by atoms with Gasteiger partial charge in [0, 0.05) is 76.2 Å². The number of fused-ring (bicyclic) bond motifs is 1. The fourth-order valence-corrected chi connectivity index (χ4v) is 4.75. The second-order valence-corrected chi connectivity index (χ2v) is 9.86. The highest BCUT2D eigenvalue weighted by Gasteiger charge is 2.56. The summed E-state index contributed by atoms with van der Waals surface area (Å²) in [7, 11) is 0. The molecule has 1 N–H and O–H groups in total. The van der Waals surface area contributed by atoms with Gasteiger partial charge in [0.05, 0.1) is 4.92 Å². The number of piperidine rings is 1. The lowest BCUT2D eigenvalue weighted by molar-refractivity contribution is -0.384. The lowest BCUT2D eigenvalue weighted by atomic mass is 10.2. The smallest absolute Gasteiger partial charge is 0.407 e. The molecule has 2 heterocycles. The van der Waals surface area contributed by atoms with Crippen LogP contribution >= 0.6 is 0 Å². The molecule has 1 aromatic rings. The fraction of sp³-hybridized carbons (Fsp3) is 0.682. The van der Waals surface area contributed by atoms with E-state index in [4.69, 9.17) is 4.74 Å². The number of hydrogen-bond acceptors (Lipinski definition) is 7. The number of hydrogen-bond donors (Lipinski definition) is 1. The summed E-state index contributed by atoms with van der Waals surface area (Å²) in [5.41, 5.74) is 0.728. The highest BCUT2D eigenvalue weighted by molar-refractivity contribution is 5.68. The highest BCUT2D eigenvalue weighted by atomic mass is 16.6. The number of ether oxygens (including phenoxy) is 1. The van der Waals surface area contributed by atoms with E-state index in [0.29, 0.717) is 11.8 Å². The first-order chi connectivity index (χ1) is 14.7. The SMILES string of the molecule is CC(C)(C)OC(=O)NC1[C@H]2CN(CCN3CCN(c4ccc([N+](=O)[O-])cc4)CC3)C[C@@H]12. The van der Waals surface area contributed by atoms with E-state index in [9.17, 15) is 14.9 Å². The third kappa shape index (κ3) is 5.46. The Kier molecular flexibility index (Phi) is 6.07. The summed E-state index contributed by atoms with van der Waals surface area (Å²) >= 11 is 0. The fourth-order valence-electron chi connectivity index (χ4n) is 4.75. The zero-order valence-corrected chi connectivity index (χ0v) is 18.6. The summed E-state index contributed by atoms with van der Waals surface area (Å²) in [4.78, 5) is 29.7. The van der Waals surface area contributed by atoms with Gasteiger partial charge in [-0.15, -0.1) is 0 Å². The van der Waals surface area contributed by atoms with Crippen molar-refractivity contribution < 1.29 is 14.5 Å². The Morgan fingerprint density at radius 3 is 2.19 bits per heavy atom. The molecule has 2 saturated heterocycles. The molecule has 0 radical (unpaired) electrons. The van der Waals surface area contributed by atoms with Crippen molar-refractivity contribution in [3.63, 3.8) is 0 Å². The minimum absolute atomic E-state index is 0.134. The number of nitrogens with one attached hydrogen (secondary N) is 1. The van der Waals surface area contributed by atoms with E-state index in [1.54, 1.807) is 12.1 Å². The van der Waals surface area contributed by atoms with Crippen LogP contribution in [0.4, 0.5) is 16.2 Å². The molecule has 170 valence electrons. The molecule has 1 aliphatic carbocycles. The van der Waals surface area contributed by atoms with Gasteiger partial charge in [0.2, 0.25) is 0 Å². The van der Waals surface area contributed by atoms with Gasteiger partial charge in [-0.25, -0.2) is 4.79 Å². The maximum absolute atomic E-state index is 11.9. The van der Waals surface area contributed by atoms with Gasteiger partial charge in [0.15, 0.2) is 0 Å². The summed E-state index contributed by atoms with van der Waals surface area (Å²) in [6.07, 6.45) is -0.302. The van der Waals surface area contributed by atoms with Crippen molar-refractivity contribution in [2.45, 2.75) is 32.4 Å². The Labute approximate surface area is 183 Å². The summed E-state index contributed by atoms with van der Waals surface area (Å²) in [5.74, 6) is 1.12. The van der Waals surface area contributed by atoms with Gasteiger partial charge in [0.1, 0.15) is 5.60 Å². The number of anilines is 1. The number of alkyl carbamates (subject to hydrolysis) is 1. The van der Waals surface area contributed by atoms with Crippen molar-refractivity contribution in [3.05, 3.63) is 34.4 Å². The average molecular weight is 432 g/mol. The topological polar surface area (TPSA) is 91.2 Å². The van der Waals surface area contributed by atoms with Crippen LogP contribution in [0.1, 0.15) is 20.8 Å². The Morgan fingerprint density at radius 1 is 1.06 bits per heavy atom. The molecule has 9 nitrogen and oxygen atoms in total. The average Bonchev–Trinajstić information content (AvgIpc) is 3.15. The van der Waals surface area contributed by atoms with E-state index in [0.717, 1.165) is 58.0 Å². The number of amides is 1. The molecule has 1 amide bonds. The molecule has 31 heavy (non-hydrogen) atoms. The minimum atomic E-state index is -0.456. The van der Waals surface area contributed by atoms with Crippen LogP contribution in [0, 0.1) is 22.0 Å². The normalized spacial score (nSPS) is 26.4. The van der Waals surface area contributed by atoms with Crippen molar-refractivity contribution in [2.75, 3.05) is 57.3 Å². The van der Waals surface area contributed by atoms with Crippen molar-refractivity contribution in [1.82, 2.24) is 15.1 Å². The first-order valence-corrected chi connectivity index (χ1v) is 11.1. The van der Waals surface area contributed by atoms with Crippen molar-refractivity contribution in [2.24, 2.45) is 11.8 Å². The van der Waals surface area contributed by atoms with E-state index in [2.05, 4.69) is 20.0 Å². The van der Waals surface area contributed by atoms with Gasteiger partial charge in [-0.1, -0.05) is 0 Å². The van der Waals surface area contributed by atoms with Gasteiger partial charge >= 0.3 is 6.09 Å². The van der Waals surface area contributed by atoms with E-state index in [1.165, 1.54) is 0 Å². The molecule has 0 spiro atoms. The first kappa shape index (κ1) is 21.8. The Bertz CT molecular complexity index is 789. The summed E-state index contributed by atoms with van der Waals surface area (Å²) in [6, 6.07) is 7.10. The summed E-state index contributed by atoms with van der Waals surface area (Å²) in [6.45, 7) is 13.7.